The van der Waals surface area contributed by atoms with E-state index >= 15 is 0 Å². The van der Waals surface area contributed by atoms with Gasteiger partial charge in [0.1, 0.15) is 5.69 Å². The molecule has 0 aliphatic carbocycles. The minimum atomic E-state index is -2.67. The Labute approximate surface area is 91.0 Å². The molecule has 0 aliphatic heterocycles. The normalized spacial score (nSPS) is 10.7. The van der Waals surface area contributed by atoms with Gasteiger partial charge < -0.3 is 5.73 Å². The summed E-state index contributed by atoms with van der Waals surface area (Å²) in [5, 5.41) is 0. The smallest absolute Gasteiger partial charge is 0.282 e. The van der Waals surface area contributed by atoms with E-state index in [0.717, 1.165) is 0 Å². The lowest BCUT2D eigenvalue weighted by molar-refractivity contribution is 0.147. The van der Waals surface area contributed by atoms with Crippen LogP contribution in [0.4, 0.5) is 14.5 Å². The zero-order chi connectivity index (χ0) is 11.5. The molecule has 2 aromatic rings. The summed E-state index contributed by atoms with van der Waals surface area (Å²) >= 11 is 0. The third-order valence-corrected chi connectivity index (χ3v) is 2.12. The van der Waals surface area contributed by atoms with Gasteiger partial charge >= 0.3 is 0 Å². The summed E-state index contributed by atoms with van der Waals surface area (Å²) in [5.41, 5.74) is 6.15. The van der Waals surface area contributed by atoms with Crippen molar-refractivity contribution in [2.24, 2.45) is 0 Å². The second kappa shape index (κ2) is 4.22. The number of hydrogen-bond donors (Lipinski definition) is 1. The standard InChI is InChI=1S/C11H9F2N3/c12-11(13)10-8(14)3-4-9(16-10)7-2-1-5-15-6-7/h1-6,11H,14H2. The van der Waals surface area contributed by atoms with Gasteiger partial charge in [0.15, 0.2) is 0 Å². The molecule has 0 atom stereocenters. The molecular weight excluding hydrogens is 212 g/mol. The molecule has 0 bridgehead atoms. The first kappa shape index (κ1) is 10.5. The molecule has 0 radical (unpaired) electrons. The lowest BCUT2D eigenvalue weighted by Crippen LogP contribution is -1.99. The van der Waals surface area contributed by atoms with E-state index in [1.807, 2.05) is 0 Å². The van der Waals surface area contributed by atoms with Crippen molar-refractivity contribution < 1.29 is 8.78 Å². The van der Waals surface area contributed by atoms with E-state index in [1.54, 1.807) is 30.6 Å². The molecular formula is C11H9F2N3. The number of anilines is 1. The lowest BCUT2D eigenvalue weighted by atomic mass is 10.1. The molecule has 0 aromatic carbocycles. The number of nitrogens with two attached hydrogens (primary N) is 1. The van der Waals surface area contributed by atoms with Crippen LogP contribution >= 0.6 is 0 Å². The summed E-state index contributed by atoms with van der Waals surface area (Å²) < 4.78 is 25.1. The van der Waals surface area contributed by atoms with Crippen molar-refractivity contribution in [3.63, 3.8) is 0 Å². The number of hydrogen-bond acceptors (Lipinski definition) is 3. The van der Waals surface area contributed by atoms with Crippen LogP contribution in [0.25, 0.3) is 11.3 Å². The Bertz CT molecular complexity index is 486. The molecule has 0 unspecified atom stereocenters. The van der Waals surface area contributed by atoms with E-state index in [2.05, 4.69) is 9.97 Å². The Balaban J connectivity index is 2.48. The molecule has 5 heteroatoms. The predicted octanol–water partition coefficient (Wildman–Crippen LogP) is 2.66. The third-order valence-electron chi connectivity index (χ3n) is 2.12. The predicted molar refractivity (Wildman–Crippen MR) is 56.8 cm³/mol. The number of pyridine rings is 2. The Morgan fingerprint density at radius 1 is 1.19 bits per heavy atom. The number of nitrogens with zero attached hydrogens (tertiary/aromatic N) is 2. The SMILES string of the molecule is Nc1ccc(-c2cccnc2)nc1C(F)F. The topological polar surface area (TPSA) is 51.8 Å². The van der Waals surface area contributed by atoms with Gasteiger partial charge in [0.05, 0.1) is 11.4 Å². The van der Waals surface area contributed by atoms with Gasteiger partial charge in [-0.3, -0.25) is 4.98 Å². The van der Waals surface area contributed by atoms with Crippen molar-refractivity contribution in [3.8, 4) is 11.3 Å². The van der Waals surface area contributed by atoms with Crippen LogP contribution in [0.1, 0.15) is 12.1 Å². The molecule has 2 heterocycles. The van der Waals surface area contributed by atoms with E-state index in [4.69, 9.17) is 5.73 Å². The highest BCUT2D eigenvalue weighted by Gasteiger charge is 2.14. The fraction of sp³-hybridized carbons (Fsp3) is 0.0909. The molecule has 0 fully saturated rings. The van der Waals surface area contributed by atoms with Crippen LogP contribution in [0.5, 0.6) is 0 Å². The van der Waals surface area contributed by atoms with Crippen molar-refractivity contribution in [2.75, 3.05) is 5.73 Å². The Kier molecular flexibility index (Phi) is 2.76. The maximum atomic E-state index is 12.6. The molecule has 0 amide bonds. The number of halogens is 2. The zero-order valence-corrected chi connectivity index (χ0v) is 8.27. The van der Waals surface area contributed by atoms with Gasteiger partial charge in [-0.2, -0.15) is 0 Å². The second-order valence-corrected chi connectivity index (χ2v) is 3.21. The number of nitrogen functional groups attached to an aromatic ring is 1. The molecule has 0 aliphatic rings. The van der Waals surface area contributed by atoms with Crippen LogP contribution in [0.15, 0.2) is 36.7 Å². The average molecular weight is 221 g/mol. The summed E-state index contributed by atoms with van der Waals surface area (Å²) in [5.74, 6) is 0. The van der Waals surface area contributed by atoms with E-state index < -0.39 is 6.43 Å². The van der Waals surface area contributed by atoms with Crippen molar-refractivity contribution in [1.82, 2.24) is 9.97 Å². The average Bonchev–Trinajstić information content (AvgIpc) is 2.30. The molecule has 16 heavy (non-hydrogen) atoms. The molecule has 0 spiro atoms. The highest BCUT2D eigenvalue weighted by Crippen LogP contribution is 2.26. The molecule has 82 valence electrons. The second-order valence-electron chi connectivity index (χ2n) is 3.21. The molecule has 2 N–H and O–H groups in total. The fourth-order valence-electron chi connectivity index (χ4n) is 1.34. The van der Waals surface area contributed by atoms with Crippen LogP contribution < -0.4 is 5.73 Å². The highest BCUT2D eigenvalue weighted by molar-refractivity contribution is 5.61. The fourth-order valence-corrected chi connectivity index (χ4v) is 1.34. The molecule has 3 nitrogen and oxygen atoms in total. The van der Waals surface area contributed by atoms with E-state index in [-0.39, 0.29) is 11.4 Å². The maximum Gasteiger partial charge on any atom is 0.282 e. The summed E-state index contributed by atoms with van der Waals surface area (Å²) in [6, 6.07) is 6.49. The minimum Gasteiger partial charge on any atom is -0.397 e. The largest absolute Gasteiger partial charge is 0.397 e. The number of rotatable bonds is 2. The van der Waals surface area contributed by atoms with E-state index in [0.29, 0.717) is 11.3 Å². The monoisotopic (exact) mass is 221 g/mol. The highest BCUT2D eigenvalue weighted by atomic mass is 19.3. The Morgan fingerprint density at radius 2 is 2.00 bits per heavy atom. The summed E-state index contributed by atoms with van der Waals surface area (Å²) in [6.45, 7) is 0. The van der Waals surface area contributed by atoms with Gasteiger partial charge in [-0.05, 0) is 24.3 Å². The molecule has 0 saturated heterocycles. The molecule has 2 aromatic heterocycles. The maximum absolute atomic E-state index is 12.6. The van der Waals surface area contributed by atoms with Crippen LogP contribution in [0, 0.1) is 0 Å². The first-order chi connectivity index (χ1) is 7.68. The summed E-state index contributed by atoms with van der Waals surface area (Å²) in [4.78, 5) is 7.73. The van der Waals surface area contributed by atoms with Crippen molar-refractivity contribution in [3.05, 3.63) is 42.4 Å². The van der Waals surface area contributed by atoms with Gasteiger partial charge in [0, 0.05) is 18.0 Å². The van der Waals surface area contributed by atoms with Gasteiger partial charge in [-0.1, -0.05) is 0 Å². The van der Waals surface area contributed by atoms with E-state index in [9.17, 15) is 8.78 Å². The third kappa shape index (κ3) is 1.98. The van der Waals surface area contributed by atoms with Gasteiger partial charge in [-0.15, -0.1) is 0 Å². The van der Waals surface area contributed by atoms with Crippen molar-refractivity contribution in [1.29, 1.82) is 0 Å². The summed E-state index contributed by atoms with van der Waals surface area (Å²) in [7, 11) is 0. The first-order valence-corrected chi connectivity index (χ1v) is 4.63. The van der Waals surface area contributed by atoms with Crippen LogP contribution in [-0.4, -0.2) is 9.97 Å². The Hall–Kier alpha value is -2.04. The molecule has 2 rings (SSSR count). The van der Waals surface area contributed by atoms with Crippen LogP contribution in [-0.2, 0) is 0 Å². The quantitative estimate of drug-likeness (QED) is 0.848. The van der Waals surface area contributed by atoms with E-state index in [1.165, 1.54) is 6.07 Å². The lowest BCUT2D eigenvalue weighted by Gasteiger charge is -2.06. The number of aromatic nitrogens is 2. The summed E-state index contributed by atoms with van der Waals surface area (Å²) in [6.07, 6.45) is 0.499. The van der Waals surface area contributed by atoms with Gasteiger partial charge in [-0.25, -0.2) is 13.8 Å². The zero-order valence-electron chi connectivity index (χ0n) is 8.27. The first-order valence-electron chi connectivity index (χ1n) is 4.63. The van der Waals surface area contributed by atoms with Gasteiger partial charge in [0.2, 0.25) is 0 Å². The van der Waals surface area contributed by atoms with Crippen LogP contribution in [0.2, 0.25) is 0 Å². The van der Waals surface area contributed by atoms with Crippen molar-refractivity contribution in [2.45, 2.75) is 6.43 Å². The van der Waals surface area contributed by atoms with Gasteiger partial charge in [0.25, 0.3) is 6.43 Å². The number of alkyl halides is 2. The van der Waals surface area contributed by atoms with Crippen molar-refractivity contribution >= 4 is 5.69 Å². The van der Waals surface area contributed by atoms with Crippen LogP contribution in [0.3, 0.4) is 0 Å². The molecule has 0 saturated carbocycles. The Morgan fingerprint density at radius 3 is 2.62 bits per heavy atom. The minimum absolute atomic E-state index is 0.00244.